The van der Waals surface area contributed by atoms with E-state index in [1.165, 1.54) is 19.1 Å². The summed E-state index contributed by atoms with van der Waals surface area (Å²) in [5, 5.41) is 10.6. The summed E-state index contributed by atoms with van der Waals surface area (Å²) in [6.45, 7) is 11.1. The minimum atomic E-state index is -3.53. The van der Waals surface area contributed by atoms with Crippen LogP contribution in [0.3, 0.4) is 0 Å². The number of benzene rings is 1. The maximum Gasteiger partial charge on any atom is 0.315 e. The first-order valence-corrected chi connectivity index (χ1v) is 19.1. The molecule has 0 aromatic heterocycles. The molecular formula is C33H53BrF2N6O7S. The van der Waals surface area contributed by atoms with Gasteiger partial charge in [-0.1, -0.05) is 47.6 Å². The van der Waals surface area contributed by atoms with Crippen LogP contribution >= 0.6 is 15.9 Å². The Morgan fingerprint density at radius 2 is 1.70 bits per heavy atom. The molecule has 4 N–H and O–H groups in total. The van der Waals surface area contributed by atoms with Crippen LogP contribution in [0.1, 0.15) is 66.4 Å². The van der Waals surface area contributed by atoms with Gasteiger partial charge < -0.3 is 30.9 Å². The first-order chi connectivity index (χ1) is 22.9. The molecule has 2 rings (SSSR count). The van der Waals surface area contributed by atoms with E-state index >= 15 is 0 Å². The van der Waals surface area contributed by atoms with Crippen molar-refractivity contribution >= 4 is 49.7 Å². The summed E-state index contributed by atoms with van der Waals surface area (Å²) in [5.74, 6) is -1.44. The summed E-state index contributed by atoms with van der Waals surface area (Å²) >= 11 is 3.40. The molecule has 0 spiro atoms. The van der Waals surface area contributed by atoms with Gasteiger partial charge >= 0.3 is 6.03 Å². The van der Waals surface area contributed by atoms with Gasteiger partial charge in [-0.3, -0.25) is 14.4 Å². The Kier molecular flexibility index (Phi) is 15.5. The molecule has 13 nitrogen and oxygen atoms in total. The van der Waals surface area contributed by atoms with Crippen LogP contribution in [0.15, 0.2) is 22.7 Å². The molecule has 0 radical (unpaired) electrons. The van der Waals surface area contributed by atoms with Gasteiger partial charge in [-0.2, -0.15) is 0 Å². The summed E-state index contributed by atoms with van der Waals surface area (Å²) in [7, 11) is -0.587. The number of urea groups is 1. The molecule has 1 saturated heterocycles. The van der Waals surface area contributed by atoms with E-state index in [4.69, 9.17) is 4.74 Å². The van der Waals surface area contributed by atoms with E-state index in [1.54, 1.807) is 26.8 Å². The molecule has 5 amide bonds. The predicted octanol–water partition coefficient (Wildman–Crippen LogP) is 3.27. The molecule has 284 valence electrons. The smallest absolute Gasteiger partial charge is 0.315 e. The van der Waals surface area contributed by atoms with Gasteiger partial charge in [0.15, 0.2) is 0 Å². The maximum absolute atomic E-state index is 14.0. The number of nitrogens with one attached hydrogen (secondary N) is 4. The third kappa shape index (κ3) is 12.9. The fraction of sp³-hybridized carbons (Fsp3) is 0.697. The predicted molar refractivity (Wildman–Crippen MR) is 190 cm³/mol. The molecule has 1 aliphatic heterocycles. The second-order valence-corrected chi connectivity index (χ2v) is 17.7. The molecule has 17 heteroatoms. The number of hydrogen-bond donors (Lipinski definition) is 4. The molecule has 1 heterocycles. The van der Waals surface area contributed by atoms with E-state index in [0.717, 1.165) is 20.6 Å². The highest BCUT2D eigenvalue weighted by Crippen LogP contribution is 2.28. The molecule has 1 aliphatic rings. The Morgan fingerprint density at radius 3 is 2.22 bits per heavy atom. The van der Waals surface area contributed by atoms with Crippen molar-refractivity contribution in [2.45, 2.75) is 97.8 Å². The van der Waals surface area contributed by atoms with Crippen molar-refractivity contribution in [1.82, 2.24) is 30.5 Å². The summed E-state index contributed by atoms with van der Waals surface area (Å²) < 4.78 is 58.2. The van der Waals surface area contributed by atoms with Crippen molar-refractivity contribution in [3.8, 4) is 5.75 Å². The number of amides is 5. The minimum absolute atomic E-state index is 0.00905. The quantitative estimate of drug-likeness (QED) is 0.212. The lowest BCUT2D eigenvalue weighted by Crippen LogP contribution is -2.62. The van der Waals surface area contributed by atoms with E-state index in [2.05, 4.69) is 37.2 Å². The van der Waals surface area contributed by atoms with Gasteiger partial charge in [0.05, 0.1) is 17.8 Å². The van der Waals surface area contributed by atoms with E-state index in [-0.39, 0.29) is 26.1 Å². The zero-order valence-corrected chi connectivity index (χ0v) is 32.8. The highest BCUT2D eigenvalue weighted by Gasteiger charge is 2.43. The van der Waals surface area contributed by atoms with Crippen molar-refractivity contribution in [3.05, 3.63) is 28.2 Å². The largest absolute Gasteiger partial charge is 0.496 e. The molecule has 0 bridgehead atoms. The molecule has 1 aromatic rings. The second-order valence-electron chi connectivity index (χ2n) is 14.8. The van der Waals surface area contributed by atoms with Gasteiger partial charge in [-0.25, -0.2) is 26.3 Å². The number of likely N-dealkylation sites (tertiary alicyclic amines) is 1. The lowest BCUT2D eigenvalue weighted by molar-refractivity contribution is -0.142. The normalized spacial score (nSPS) is 17.2. The zero-order chi connectivity index (χ0) is 38.2. The van der Waals surface area contributed by atoms with E-state index < -0.39 is 81.6 Å². The standard InChI is InChI=1S/C33H53BrF2N6O7S/c1-32(2,3)25(19-41(7)50(9,47)48)39-31(46)40-27(33(4,5)6)30(45)42-16-10-11-23(42)29(44)38-22(18-26(35)36)28(43)37-15-14-20-12-13-24(49-8)21(34)17-20/h12-13,17,22-23,25-27H,10-11,14-16,18-19H2,1-9H3,(H,37,43)(H,38,44)(H2,39,40,46)/t22-,23-,25+,27+/m0/s1. The summed E-state index contributed by atoms with van der Waals surface area (Å²) in [5.41, 5.74) is -0.515. The maximum atomic E-state index is 14.0. The van der Waals surface area contributed by atoms with Crippen LogP contribution in [0, 0.1) is 10.8 Å². The van der Waals surface area contributed by atoms with Crippen molar-refractivity contribution < 1.29 is 41.1 Å². The topological polar surface area (TPSA) is 166 Å². The van der Waals surface area contributed by atoms with Crippen LogP contribution in [0.25, 0.3) is 0 Å². The zero-order valence-electron chi connectivity index (χ0n) is 30.4. The Balaban J connectivity index is 2.16. The Labute approximate surface area is 303 Å². The Hall–Kier alpha value is -3.05. The third-order valence-corrected chi connectivity index (χ3v) is 10.5. The lowest BCUT2D eigenvalue weighted by atomic mass is 9.85. The van der Waals surface area contributed by atoms with Gasteiger partial charge in [-0.15, -0.1) is 0 Å². The van der Waals surface area contributed by atoms with E-state index in [0.29, 0.717) is 18.6 Å². The Morgan fingerprint density at radius 1 is 1.06 bits per heavy atom. The number of nitrogens with zero attached hydrogens (tertiary/aromatic N) is 2. The fourth-order valence-corrected chi connectivity index (χ4v) is 6.38. The summed E-state index contributed by atoms with van der Waals surface area (Å²) in [6.07, 6.45) is -1.65. The van der Waals surface area contributed by atoms with Gasteiger partial charge in [-0.05, 0) is 63.7 Å². The van der Waals surface area contributed by atoms with Crippen LogP contribution < -0.4 is 26.0 Å². The first kappa shape index (κ1) is 43.1. The van der Waals surface area contributed by atoms with Crippen LogP contribution in [-0.4, -0.2) is 112 Å². The number of rotatable bonds is 15. The van der Waals surface area contributed by atoms with E-state index in [1.807, 2.05) is 32.9 Å². The van der Waals surface area contributed by atoms with Crippen molar-refractivity contribution in [2.75, 3.05) is 40.0 Å². The molecule has 0 unspecified atom stereocenters. The number of likely N-dealkylation sites (N-methyl/N-ethyl adjacent to an activating group) is 1. The average molecular weight is 796 g/mol. The van der Waals surface area contributed by atoms with Crippen molar-refractivity contribution in [1.29, 1.82) is 0 Å². The first-order valence-electron chi connectivity index (χ1n) is 16.4. The molecule has 4 atom stereocenters. The highest BCUT2D eigenvalue weighted by atomic mass is 79.9. The number of hydrogen-bond acceptors (Lipinski definition) is 7. The highest BCUT2D eigenvalue weighted by molar-refractivity contribution is 9.10. The van der Waals surface area contributed by atoms with Crippen molar-refractivity contribution in [3.63, 3.8) is 0 Å². The number of sulfonamides is 1. The molecule has 50 heavy (non-hydrogen) atoms. The number of ether oxygens (including phenoxy) is 1. The number of methoxy groups -OCH3 is 1. The average Bonchev–Trinajstić information content (AvgIpc) is 3.47. The number of halogens is 3. The van der Waals surface area contributed by atoms with Gasteiger partial charge in [0, 0.05) is 39.1 Å². The second kappa shape index (κ2) is 17.9. The Bertz CT molecular complexity index is 1470. The molecule has 0 saturated carbocycles. The van der Waals surface area contributed by atoms with Gasteiger partial charge in [0.2, 0.25) is 34.2 Å². The number of alkyl halides is 2. The number of carbonyl (C=O) groups excluding carboxylic acids is 4. The monoisotopic (exact) mass is 794 g/mol. The third-order valence-electron chi connectivity index (χ3n) is 8.56. The summed E-state index contributed by atoms with van der Waals surface area (Å²) in [4.78, 5) is 55.1. The van der Waals surface area contributed by atoms with E-state index in [9.17, 15) is 36.4 Å². The van der Waals surface area contributed by atoms with Crippen LogP contribution in [0.4, 0.5) is 13.6 Å². The molecule has 1 aromatic carbocycles. The molecule has 1 fully saturated rings. The van der Waals surface area contributed by atoms with Crippen molar-refractivity contribution in [2.24, 2.45) is 10.8 Å². The van der Waals surface area contributed by atoms with Crippen LogP contribution in [0.2, 0.25) is 0 Å². The summed E-state index contributed by atoms with van der Waals surface area (Å²) in [6, 6.07) is 0.364. The lowest BCUT2D eigenvalue weighted by Gasteiger charge is -2.37. The molecular weight excluding hydrogens is 742 g/mol. The van der Waals surface area contributed by atoms with Gasteiger partial charge in [0.1, 0.15) is 23.9 Å². The number of carbonyl (C=O) groups is 4. The SMILES string of the molecule is COc1ccc(CCNC(=O)[C@H](CC(F)F)NC(=O)[C@@H]2CCCN2C(=O)[C@@H](NC(=O)N[C@H](CN(C)S(C)(=O)=O)C(C)(C)C)C(C)(C)C)cc1Br. The fourth-order valence-electron chi connectivity index (χ4n) is 5.37. The van der Waals surface area contributed by atoms with Crippen LogP contribution in [0.5, 0.6) is 5.75 Å². The minimum Gasteiger partial charge on any atom is -0.496 e. The molecule has 0 aliphatic carbocycles. The van der Waals surface area contributed by atoms with Crippen LogP contribution in [-0.2, 0) is 30.8 Å². The van der Waals surface area contributed by atoms with Gasteiger partial charge in [0.25, 0.3) is 0 Å².